The smallest absolute Gasteiger partial charge is 0.133 e. The Balaban J connectivity index is 0.00000210. The van der Waals surface area contributed by atoms with Crippen molar-refractivity contribution < 1.29 is 10.2 Å². The van der Waals surface area contributed by atoms with Gasteiger partial charge >= 0.3 is 0 Å². The highest BCUT2D eigenvalue weighted by Gasteiger charge is 2.06. The summed E-state index contributed by atoms with van der Waals surface area (Å²) in [6, 6.07) is 18.3. The third-order valence-electron chi connectivity index (χ3n) is 4.23. The number of allylic oxidation sites excluding steroid dienone is 1. The van der Waals surface area contributed by atoms with Crippen molar-refractivity contribution in [1.29, 1.82) is 0 Å². The molecule has 0 saturated carbocycles. The fourth-order valence-electron chi connectivity index (χ4n) is 2.88. The Morgan fingerprint density at radius 2 is 1.92 bits per heavy atom. The number of hydrogen-bond acceptors (Lipinski definition) is 3. The van der Waals surface area contributed by atoms with Gasteiger partial charge in [-0.2, -0.15) is 0 Å². The van der Waals surface area contributed by atoms with E-state index in [-0.39, 0.29) is 7.24 Å². The highest BCUT2D eigenvalue weighted by Crippen LogP contribution is 2.27. The summed E-state index contributed by atoms with van der Waals surface area (Å²) in [7, 11) is 0. The summed E-state index contributed by atoms with van der Waals surface area (Å²) >= 11 is 0. The topological polar surface area (TPSA) is 38.1 Å². The summed E-state index contributed by atoms with van der Waals surface area (Å²) < 4.78 is 18.6. The summed E-state index contributed by atoms with van der Waals surface area (Å²) in [5.74, 6) is 1.31. The summed E-state index contributed by atoms with van der Waals surface area (Å²) in [4.78, 5) is 4.48. The number of benzene rings is 2. The number of nitrogens with zero attached hydrogens (tertiary/aromatic N) is 1. The van der Waals surface area contributed by atoms with E-state index in [9.17, 15) is 4.39 Å². The zero-order chi connectivity index (χ0) is 17.9. The Kier molecular flexibility index (Phi) is 4.23. The highest BCUT2D eigenvalue weighted by molar-refractivity contribution is 5.89. The Bertz CT molecular complexity index is 1070. The lowest BCUT2D eigenvalue weighted by Gasteiger charge is -2.11. The molecular formula is C22H19FN2O. The van der Waals surface area contributed by atoms with E-state index in [1.807, 2.05) is 49.5 Å². The van der Waals surface area contributed by atoms with Gasteiger partial charge in [-0.15, -0.1) is 0 Å². The molecule has 4 heteroatoms. The fourth-order valence-corrected chi connectivity index (χ4v) is 2.88. The van der Waals surface area contributed by atoms with E-state index in [0.29, 0.717) is 0 Å². The van der Waals surface area contributed by atoms with Crippen molar-refractivity contribution in [3.8, 4) is 11.3 Å². The number of aromatic nitrogens is 1. The monoisotopic (exact) mass is 346 g/mol. The Morgan fingerprint density at radius 3 is 2.65 bits per heavy atom. The molecule has 4 rings (SSSR count). The molecule has 0 fully saturated rings. The van der Waals surface area contributed by atoms with Crippen molar-refractivity contribution in [1.82, 2.24) is 4.98 Å². The molecule has 0 atom stereocenters. The fraction of sp³-hybridized carbons (Fsp3) is 0.0455. The van der Waals surface area contributed by atoms with Crippen molar-refractivity contribution in [3.05, 3.63) is 90.6 Å². The van der Waals surface area contributed by atoms with Gasteiger partial charge < -0.3 is 9.73 Å². The molecule has 2 aromatic carbocycles. The number of nitrogens with one attached hydrogen (secondary N) is 1. The molecule has 0 radical (unpaired) electrons. The molecule has 0 aliphatic rings. The number of anilines is 1. The van der Waals surface area contributed by atoms with E-state index in [4.69, 9.17) is 4.42 Å². The minimum atomic E-state index is -0.251. The molecule has 0 unspecified atom stereocenters. The van der Waals surface area contributed by atoms with Crippen LogP contribution in [0, 0.1) is 5.82 Å². The first-order valence-electron chi connectivity index (χ1n) is 8.36. The zero-order valence-electron chi connectivity index (χ0n) is 14.2. The van der Waals surface area contributed by atoms with Gasteiger partial charge in [0.1, 0.15) is 17.4 Å². The van der Waals surface area contributed by atoms with Gasteiger partial charge in [-0.1, -0.05) is 30.3 Å². The molecule has 2 aromatic heterocycles. The summed E-state index contributed by atoms with van der Waals surface area (Å²) in [6.07, 6.45) is 5.44. The maximum Gasteiger partial charge on any atom is 0.133 e. The van der Waals surface area contributed by atoms with Crippen LogP contribution in [0.4, 0.5) is 10.2 Å². The summed E-state index contributed by atoms with van der Waals surface area (Å²) in [6.45, 7) is 1.93. The van der Waals surface area contributed by atoms with Crippen LogP contribution in [-0.2, 0) is 0 Å². The number of rotatable bonds is 4. The SMILES string of the molecule is C/C=C(/Nc1cc2cc(-c3ccco3)ccc2cn1)c1ccc(F)cc1.[HH]. The van der Waals surface area contributed by atoms with Crippen molar-refractivity contribution in [2.24, 2.45) is 0 Å². The molecule has 130 valence electrons. The van der Waals surface area contributed by atoms with E-state index in [2.05, 4.69) is 16.4 Å². The average Bonchev–Trinajstić information content (AvgIpc) is 3.21. The molecule has 0 spiro atoms. The highest BCUT2D eigenvalue weighted by atomic mass is 19.1. The first kappa shape index (κ1) is 16.1. The van der Waals surface area contributed by atoms with Crippen molar-refractivity contribution in [3.63, 3.8) is 0 Å². The van der Waals surface area contributed by atoms with E-state index >= 15 is 0 Å². The van der Waals surface area contributed by atoms with Crippen LogP contribution in [0.3, 0.4) is 0 Å². The molecule has 0 amide bonds. The van der Waals surface area contributed by atoms with Crippen molar-refractivity contribution in [2.45, 2.75) is 6.92 Å². The van der Waals surface area contributed by atoms with Crippen LogP contribution in [0.1, 0.15) is 13.9 Å². The third kappa shape index (κ3) is 3.22. The number of hydrogen-bond donors (Lipinski definition) is 1. The standard InChI is InChI=1S/C22H17FN2O.H2/c1-2-20(15-7-9-19(23)10-8-15)25-22-13-18-12-16(21-4-3-11-26-21)5-6-17(18)14-24-22;/h2-14H,1H3,(H,24,25);1H/b20-2+;. The second kappa shape index (κ2) is 6.84. The quantitative estimate of drug-likeness (QED) is 0.468. The molecule has 2 heterocycles. The van der Waals surface area contributed by atoms with Gasteiger partial charge in [-0.3, -0.25) is 0 Å². The first-order chi connectivity index (χ1) is 12.7. The predicted molar refractivity (Wildman–Crippen MR) is 105 cm³/mol. The molecule has 26 heavy (non-hydrogen) atoms. The molecule has 1 N–H and O–H groups in total. The van der Waals surface area contributed by atoms with Crippen LogP contribution in [0.2, 0.25) is 0 Å². The van der Waals surface area contributed by atoms with E-state index in [1.165, 1.54) is 12.1 Å². The average molecular weight is 346 g/mol. The van der Waals surface area contributed by atoms with Crippen LogP contribution in [0.5, 0.6) is 0 Å². The number of pyridine rings is 1. The molecule has 0 saturated heterocycles. The lowest BCUT2D eigenvalue weighted by atomic mass is 10.1. The number of halogens is 1. The van der Waals surface area contributed by atoms with E-state index in [1.54, 1.807) is 18.4 Å². The van der Waals surface area contributed by atoms with Gasteiger partial charge in [0.2, 0.25) is 0 Å². The lowest BCUT2D eigenvalue weighted by Crippen LogP contribution is -2.00. The van der Waals surface area contributed by atoms with E-state index < -0.39 is 0 Å². The molecule has 3 nitrogen and oxygen atoms in total. The Morgan fingerprint density at radius 1 is 1.08 bits per heavy atom. The van der Waals surface area contributed by atoms with Gasteiger partial charge in [0.25, 0.3) is 0 Å². The molecule has 4 aromatic rings. The van der Waals surface area contributed by atoms with Crippen LogP contribution in [0.15, 0.2) is 83.6 Å². The number of fused-ring (bicyclic) bond motifs is 1. The van der Waals surface area contributed by atoms with Crippen LogP contribution in [0.25, 0.3) is 27.8 Å². The largest absolute Gasteiger partial charge is 0.464 e. The minimum Gasteiger partial charge on any atom is -0.464 e. The molecular weight excluding hydrogens is 327 g/mol. The molecule has 0 aliphatic heterocycles. The lowest BCUT2D eigenvalue weighted by molar-refractivity contribution is 0.582. The maximum atomic E-state index is 13.1. The van der Waals surface area contributed by atoms with Crippen molar-refractivity contribution in [2.75, 3.05) is 5.32 Å². The second-order valence-corrected chi connectivity index (χ2v) is 5.94. The van der Waals surface area contributed by atoms with Gasteiger partial charge in [0, 0.05) is 24.3 Å². The minimum absolute atomic E-state index is 0. The van der Waals surface area contributed by atoms with Crippen LogP contribution < -0.4 is 5.32 Å². The van der Waals surface area contributed by atoms with Crippen LogP contribution in [-0.4, -0.2) is 4.98 Å². The zero-order valence-corrected chi connectivity index (χ0v) is 14.2. The normalized spacial score (nSPS) is 11.7. The predicted octanol–water partition coefficient (Wildman–Crippen LogP) is 6.35. The third-order valence-corrected chi connectivity index (χ3v) is 4.23. The maximum absolute atomic E-state index is 13.1. The van der Waals surface area contributed by atoms with Gasteiger partial charge in [0.15, 0.2) is 0 Å². The van der Waals surface area contributed by atoms with Gasteiger partial charge in [-0.25, -0.2) is 9.37 Å². The molecule has 0 aliphatic carbocycles. The Hall–Kier alpha value is -3.40. The summed E-state index contributed by atoms with van der Waals surface area (Å²) in [5, 5.41) is 5.43. The van der Waals surface area contributed by atoms with E-state index in [0.717, 1.165) is 39.2 Å². The second-order valence-electron chi connectivity index (χ2n) is 5.94. The first-order valence-corrected chi connectivity index (χ1v) is 8.36. The molecule has 0 bridgehead atoms. The number of furan rings is 1. The van der Waals surface area contributed by atoms with Gasteiger partial charge in [-0.05, 0) is 54.3 Å². The summed E-state index contributed by atoms with van der Waals surface area (Å²) in [5.41, 5.74) is 2.80. The van der Waals surface area contributed by atoms with Crippen LogP contribution >= 0.6 is 0 Å². The van der Waals surface area contributed by atoms with Gasteiger partial charge in [0.05, 0.1) is 6.26 Å². The Labute approximate surface area is 152 Å². The van der Waals surface area contributed by atoms with Crippen molar-refractivity contribution >= 4 is 22.3 Å².